The monoisotopic (exact) mass is 261 g/mol. The van der Waals surface area contributed by atoms with Gasteiger partial charge in [0.15, 0.2) is 0 Å². The molecular formula is C12H11N3O4. The number of amides is 1. The van der Waals surface area contributed by atoms with Gasteiger partial charge in [0.2, 0.25) is 0 Å². The van der Waals surface area contributed by atoms with E-state index in [1.807, 2.05) is 0 Å². The van der Waals surface area contributed by atoms with Crippen LogP contribution in [-0.4, -0.2) is 34.3 Å². The lowest BCUT2D eigenvalue weighted by molar-refractivity contribution is 0.0697. The molecule has 0 aliphatic carbocycles. The lowest BCUT2D eigenvalue weighted by Gasteiger charge is -2.09. The van der Waals surface area contributed by atoms with Crippen LogP contribution in [0, 0.1) is 0 Å². The number of aromatic nitrogens is 2. The number of nitrogens with zero attached hydrogens (tertiary/aromatic N) is 1. The van der Waals surface area contributed by atoms with Gasteiger partial charge in [0.1, 0.15) is 5.75 Å². The van der Waals surface area contributed by atoms with Crippen LogP contribution in [0.4, 0.5) is 5.69 Å². The molecule has 1 heterocycles. The molecule has 0 bridgehead atoms. The third-order valence-electron chi connectivity index (χ3n) is 2.47. The molecule has 0 aliphatic rings. The van der Waals surface area contributed by atoms with Gasteiger partial charge in [-0.2, -0.15) is 5.10 Å². The van der Waals surface area contributed by atoms with Crippen molar-refractivity contribution in [3.8, 4) is 5.75 Å². The average Bonchev–Trinajstić information content (AvgIpc) is 2.92. The lowest BCUT2D eigenvalue weighted by atomic mass is 10.1. The van der Waals surface area contributed by atoms with Crippen LogP contribution in [0.15, 0.2) is 30.6 Å². The van der Waals surface area contributed by atoms with Gasteiger partial charge >= 0.3 is 5.97 Å². The summed E-state index contributed by atoms with van der Waals surface area (Å²) in [6.45, 7) is 0. The maximum atomic E-state index is 11.8. The number of H-pyrrole nitrogens is 1. The fraction of sp³-hybridized carbons (Fsp3) is 0.0833. The number of carbonyl (C=O) groups excluding carboxylic acids is 1. The Balaban J connectivity index is 2.29. The number of carboxylic acid groups (broad SMARTS) is 1. The van der Waals surface area contributed by atoms with Crippen molar-refractivity contribution in [2.45, 2.75) is 0 Å². The molecule has 0 aliphatic heterocycles. The lowest BCUT2D eigenvalue weighted by Crippen LogP contribution is -2.14. The zero-order valence-corrected chi connectivity index (χ0v) is 10.0. The number of rotatable bonds is 4. The van der Waals surface area contributed by atoms with Crippen LogP contribution in [0.3, 0.4) is 0 Å². The van der Waals surface area contributed by atoms with E-state index in [1.165, 1.54) is 31.6 Å². The Hall–Kier alpha value is -2.83. The highest BCUT2D eigenvalue weighted by Gasteiger charge is 2.15. The summed E-state index contributed by atoms with van der Waals surface area (Å²) in [6.07, 6.45) is 2.76. The highest BCUT2D eigenvalue weighted by atomic mass is 16.5. The Morgan fingerprint density at radius 1 is 1.42 bits per heavy atom. The van der Waals surface area contributed by atoms with E-state index >= 15 is 0 Å². The molecule has 3 N–H and O–H groups in total. The number of aromatic carboxylic acids is 1. The molecule has 98 valence electrons. The zero-order valence-electron chi connectivity index (χ0n) is 10.0. The normalized spacial score (nSPS) is 9.95. The molecule has 0 fully saturated rings. The molecule has 2 aromatic rings. The number of anilines is 1. The first-order valence-corrected chi connectivity index (χ1v) is 5.33. The van der Waals surface area contributed by atoms with Gasteiger partial charge < -0.3 is 15.2 Å². The van der Waals surface area contributed by atoms with Gasteiger partial charge in [-0.3, -0.25) is 9.89 Å². The minimum Gasteiger partial charge on any atom is -0.497 e. The quantitative estimate of drug-likeness (QED) is 0.771. The number of hydrogen-bond donors (Lipinski definition) is 3. The molecule has 1 amide bonds. The fourth-order valence-corrected chi connectivity index (χ4v) is 1.51. The standard InChI is InChI=1S/C12H11N3O4/c1-19-8-2-3-10(9(4-8)12(17)18)15-11(16)7-5-13-14-6-7/h2-6H,1H3,(H,13,14)(H,15,16)(H,17,18). The molecule has 0 saturated heterocycles. The van der Waals surface area contributed by atoms with E-state index in [2.05, 4.69) is 15.5 Å². The van der Waals surface area contributed by atoms with E-state index in [0.717, 1.165) is 0 Å². The summed E-state index contributed by atoms with van der Waals surface area (Å²) in [6, 6.07) is 4.38. The summed E-state index contributed by atoms with van der Waals surface area (Å²) in [4.78, 5) is 22.9. The van der Waals surface area contributed by atoms with Gasteiger partial charge in [0.05, 0.1) is 30.1 Å². The zero-order chi connectivity index (χ0) is 13.8. The second-order valence-electron chi connectivity index (χ2n) is 3.66. The van der Waals surface area contributed by atoms with Crippen molar-refractivity contribution in [1.82, 2.24) is 10.2 Å². The number of aromatic amines is 1. The highest BCUT2D eigenvalue weighted by Crippen LogP contribution is 2.22. The molecule has 7 heteroatoms. The highest BCUT2D eigenvalue weighted by molar-refractivity contribution is 6.07. The topological polar surface area (TPSA) is 104 Å². The average molecular weight is 261 g/mol. The van der Waals surface area contributed by atoms with E-state index in [9.17, 15) is 9.59 Å². The SMILES string of the molecule is COc1ccc(NC(=O)c2cn[nH]c2)c(C(=O)O)c1. The first kappa shape index (κ1) is 12.6. The fourth-order valence-electron chi connectivity index (χ4n) is 1.51. The van der Waals surface area contributed by atoms with Crippen molar-refractivity contribution < 1.29 is 19.4 Å². The third kappa shape index (κ3) is 2.71. The van der Waals surface area contributed by atoms with Crippen LogP contribution in [0.1, 0.15) is 20.7 Å². The Morgan fingerprint density at radius 3 is 2.79 bits per heavy atom. The van der Waals surface area contributed by atoms with Crippen LogP contribution in [-0.2, 0) is 0 Å². The second kappa shape index (κ2) is 5.21. The number of ether oxygens (including phenoxy) is 1. The van der Waals surface area contributed by atoms with E-state index in [4.69, 9.17) is 9.84 Å². The van der Waals surface area contributed by atoms with Crippen molar-refractivity contribution >= 4 is 17.6 Å². The van der Waals surface area contributed by atoms with Crippen molar-refractivity contribution in [2.75, 3.05) is 12.4 Å². The Kier molecular flexibility index (Phi) is 3.46. The largest absolute Gasteiger partial charge is 0.497 e. The Bertz CT molecular complexity index is 607. The molecule has 0 saturated carbocycles. The molecule has 0 atom stereocenters. The maximum absolute atomic E-state index is 11.8. The number of carboxylic acids is 1. The van der Waals surface area contributed by atoms with Crippen molar-refractivity contribution in [1.29, 1.82) is 0 Å². The van der Waals surface area contributed by atoms with Gasteiger partial charge in [-0.15, -0.1) is 0 Å². The molecule has 7 nitrogen and oxygen atoms in total. The van der Waals surface area contributed by atoms with Crippen LogP contribution in [0.2, 0.25) is 0 Å². The maximum Gasteiger partial charge on any atom is 0.337 e. The molecular weight excluding hydrogens is 250 g/mol. The minimum absolute atomic E-state index is 0.0452. The first-order chi connectivity index (χ1) is 9.11. The van der Waals surface area contributed by atoms with Gasteiger partial charge in [-0.1, -0.05) is 0 Å². The van der Waals surface area contributed by atoms with Crippen LogP contribution in [0.25, 0.3) is 0 Å². The first-order valence-electron chi connectivity index (χ1n) is 5.33. The van der Waals surface area contributed by atoms with E-state index in [-0.39, 0.29) is 11.3 Å². The van der Waals surface area contributed by atoms with Crippen LogP contribution in [0.5, 0.6) is 5.75 Å². The summed E-state index contributed by atoms with van der Waals surface area (Å²) in [7, 11) is 1.44. The van der Waals surface area contributed by atoms with Crippen molar-refractivity contribution in [3.05, 3.63) is 41.7 Å². The number of methoxy groups -OCH3 is 1. The van der Waals surface area contributed by atoms with Gasteiger partial charge in [-0.25, -0.2) is 4.79 Å². The summed E-state index contributed by atoms with van der Waals surface area (Å²) in [5.74, 6) is -1.19. The molecule has 19 heavy (non-hydrogen) atoms. The van der Waals surface area contributed by atoms with E-state index in [1.54, 1.807) is 6.07 Å². The molecule has 1 aromatic carbocycles. The van der Waals surface area contributed by atoms with Crippen molar-refractivity contribution in [2.24, 2.45) is 0 Å². The Labute approximate surface area is 108 Å². The third-order valence-corrected chi connectivity index (χ3v) is 2.47. The number of hydrogen-bond acceptors (Lipinski definition) is 4. The van der Waals surface area contributed by atoms with E-state index in [0.29, 0.717) is 11.3 Å². The number of benzene rings is 1. The molecule has 0 unspecified atom stereocenters. The van der Waals surface area contributed by atoms with Crippen LogP contribution < -0.4 is 10.1 Å². The molecule has 0 radical (unpaired) electrons. The summed E-state index contributed by atoms with van der Waals surface area (Å²) in [5.41, 5.74) is 0.461. The number of carbonyl (C=O) groups is 2. The minimum atomic E-state index is -1.15. The predicted molar refractivity (Wildman–Crippen MR) is 66.5 cm³/mol. The second-order valence-corrected chi connectivity index (χ2v) is 3.66. The van der Waals surface area contributed by atoms with Gasteiger partial charge in [0.25, 0.3) is 5.91 Å². The molecule has 2 rings (SSSR count). The summed E-state index contributed by atoms with van der Waals surface area (Å²) >= 11 is 0. The molecule has 0 spiro atoms. The van der Waals surface area contributed by atoms with Gasteiger partial charge in [-0.05, 0) is 18.2 Å². The summed E-state index contributed by atoms with van der Waals surface area (Å²) < 4.78 is 4.95. The number of nitrogens with one attached hydrogen (secondary N) is 2. The molecule has 1 aromatic heterocycles. The predicted octanol–water partition coefficient (Wildman–Crippen LogP) is 1.37. The van der Waals surface area contributed by atoms with Gasteiger partial charge in [0, 0.05) is 6.20 Å². The Morgan fingerprint density at radius 2 is 2.21 bits per heavy atom. The van der Waals surface area contributed by atoms with Crippen LogP contribution >= 0.6 is 0 Å². The smallest absolute Gasteiger partial charge is 0.337 e. The van der Waals surface area contributed by atoms with E-state index < -0.39 is 11.9 Å². The summed E-state index contributed by atoms with van der Waals surface area (Å²) in [5, 5.41) is 17.8. The van der Waals surface area contributed by atoms with Crippen molar-refractivity contribution in [3.63, 3.8) is 0 Å².